The highest BCUT2D eigenvalue weighted by Gasteiger charge is 1.95. The number of nitrogens with one attached hydrogen (secondary N) is 1. The van der Waals surface area contributed by atoms with Crippen molar-refractivity contribution in [3.05, 3.63) is 18.5 Å². The summed E-state index contributed by atoms with van der Waals surface area (Å²) in [6.07, 6.45) is 1.51. The molecule has 0 saturated heterocycles. The van der Waals surface area contributed by atoms with E-state index < -0.39 is 0 Å². The molecule has 3 N–H and O–H groups in total. The molecule has 0 aliphatic carbocycles. The van der Waals surface area contributed by atoms with Crippen molar-refractivity contribution in [1.29, 1.82) is 0 Å². The zero-order chi connectivity index (χ0) is 7.68. The summed E-state index contributed by atoms with van der Waals surface area (Å²) in [5, 5.41) is 11.4. The van der Waals surface area contributed by atoms with Crippen LogP contribution >= 0.6 is 12.4 Å². The highest BCUT2D eigenvalue weighted by atomic mass is 35.5. The number of hydrogen-bond acceptors (Lipinski definition) is 5. The van der Waals surface area contributed by atoms with Gasteiger partial charge < -0.3 is 5.43 Å². The Hall–Kier alpha value is -1.40. The van der Waals surface area contributed by atoms with Crippen LogP contribution in [-0.4, -0.2) is 19.8 Å². The van der Waals surface area contributed by atoms with Crippen LogP contribution in [0.3, 0.4) is 0 Å². The van der Waals surface area contributed by atoms with Gasteiger partial charge in [0.15, 0.2) is 11.5 Å². The Morgan fingerprint density at radius 3 is 3.00 bits per heavy atom. The Balaban J connectivity index is 0.000000720. The molecule has 0 unspecified atom stereocenters. The highest BCUT2D eigenvalue weighted by Crippen LogP contribution is 2.01. The fourth-order valence-electron chi connectivity index (χ4n) is 0.805. The number of hydrazine groups is 1. The summed E-state index contributed by atoms with van der Waals surface area (Å²) >= 11 is 0. The molecular formula is C5H7ClN6. The Kier molecular flexibility index (Phi) is 2.41. The SMILES string of the molecule is Cl.NNc1ccc2nncn2n1. The van der Waals surface area contributed by atoms with Crippen molar-refractivity contribution >= 4 is 23.9 Å². The maximum Gasteiger partial charge on any atom is 0.177 e. The number of halogens is 1. The molecule has 0 amide bonds. The fourth-order valence-corrected chi connectivity index (χ4v) is 0.805. The van der Waals surface area contributed by atoms with E-state index >= 15 is 0 Å². The van der Waals surface area contributed by atoms with Crippen molar-refractivity contribution in [2.45, 2.75) is 0 Å². The van der Waals surface area contributed by atoms with Crippen LogP contribution in [0.5, 0.6) is 0 Å². The van der Waals surface area contributed by atoms with Crippen molar-refractivity contribution in [3.8, 4) is 0 Å². The van der Waals surface area contributed by atoms with Gasteiger partial charge in [-0.25, -0.2) is 5.84 Å². The first-order valence-corrected chi connectivity index (χ1v) is 3.04. The number of fused-ring (bicyclic) bond motifs is 1. The van der Waals surface area contributed by atoms with Crippen LogP contribution in [-0.2, 0) is 0 Å². The average Bonchev–Trinajstić information content (AvgIpc) is 2.50. The highest BCUT2D eigenvalue weighted by molar-refractivity contribution is 5.85. The van der Waals surface area contributed by atoms with E-state index in [9.17, 15) is 0 Å². The topological polar surface area (TPSA) is 81.1 Å². The van der Waals surface area contributed by atoms with Gasteiger partial charge in [0.05, 0.1) is 0 Å². The molecule has 0 aromatic carbocycles. The van der Waals surface area contributed by atoms with Gasteiger partial charge in [-0.2, -0.15) is 4.52 Å². The molecule has 0 saturated carbocycles. The molecule has 12 heavy (non-hydrogen) atoms. The van der Waals surface area contributed by atoms with Gasteiger partial charge in [-0.15, -0.1) is 27.7 Å². The number of hydrogen-bond donors (Lipinski definition) is 2. The molecule has 2 rings (SSSR count). The van der Waals surface area contributed by atoms with Crippen molar-refractivity contribution in [2.75, 3.05) is 5.43 Å². The monoisotopic (exact) mass is 186 g/mol. The standard InChI is InChI=1S/C5H6N6.ClH/c6-8-4-1-2-5-9-7-3-11(5)10-4;/h1-3H,6H2,(H,8,10);1H. The largest absolute Gasteiger partial charge is 0.307 e. The summed E-state index contributed by atoms with van der Waals surface area (Å²) in [7, 11) is 0. The molecule has 2 aromatic heterocycles. The maximum atomic E-state index is 5.14. The summed E-state index contributed by atoms with van der Waals surface area (Å²) in [6, 6.07) is 3.50. The first-order chi connectivity index (χ1) is 5.40. The lowest BCUT2D eigenvalue weighted by Gasteiger charge is -1.96. The fraction of sp³-hybridized carbons (Fsp3) is 0. The van der Waals surface area contributed by atoms with Crippen LogP contribution in [0.15, 0.2) is 18.5 Å². The Morgan fingerprint density at radius 1 is 1.42 bits per heavy atom. The zero-order valence-electron chi connectivity index (χ0n) is 6.01. The Morgan fingerprint density at radius 2 is 2.25 bits per heavy atom. The molecule has 2 aromatic rings. The molecule has 0 aliphatic rings. The van der Waals surface area contributed by atoms with Crippen molar-refractivity contribution in [1.82, 2.24) is 19.8 Å². The molecule has 0 atom stereocenters. The smallest absolute Gasteiger partial charge is 0.177 e. The molecule has 2 heterocycles. The van der Waals surface area contributed by atoms with E-state index in [2.05, 4.69) is 20.7 Å². The van der Waals surface area contributed by atoms with Crippen LogP contribution in [0.1, 0.15) is 0 Å². The van der Waals surface area contributed by atoms with Gasteiger partial charge in [0.25, 0.3) is 0 Å². The maximum absolute atomic E-state index is 5.14. The third-order valence-corrected chi connectivity index (χ3v) is 1.31. The number of anilines is 1. The second kappa shape index (κ2) is 3.33. The lowest BCUT2D eigenvalue weighted by Crippen LogP contribution is -2.09. The van der Waals surface area contributed by atoms with E-state index in [0.717, 1.165) is 0 Å². The van der Waals surface area contributed by atoms with Crippen molar-refractivity contribution < 1.29 is 0 Å². The van der Waals surface area contributed by atoms with E-state index in [4.69, 9.17) is 5.84 Å². The van der Waals surface area contributed by atoms with Gasteiger partial charge in [0.1, 0.15) is 6.33 Å². The molecular weight excluding hydrogens is 180 g/mol. The predicted octanol–water partition coefficient (Wildman–Crippen LogP) is -0.168. The van der Waals surface area contributed by atoms with Gasteiger partial charge in [0, 0.05) is 0 Å². The van der Waals surface area contributed by atoms with Crippen LogP contribution in [0.25, 0.3) is 5.65 Å². The number of nitrogens with two attached hydrogens (primary N) is 1. The Bertz CT molecular complexity index is 371. The number of nitrogens with zero attached hydrogens (tertiary/aromatic N) is 4. The molecule has 0 fully saturated rings. The summed E-state index contributed by atoms with van der Waals surface area (Å²) in [6.45, 7) is 0. The number of nitrogen functional groups attached to an aromatic ring is 1. The van der Waals surface area contributed by atoms with E-state index in [1.807, 2.05) is 0 Å². The Labute approximate surface area is 74.2 Å². The van der Waals surface area contributed by atoms with Gasteiger partial charge in [0.2, 0.25) is 0 Å². The lowest BCUT2D eigenvalue weighted by atomic mass is 10.5. The van der Waals surface area contributed by atoms with Crippen molar-refractivity contribution in [3.63, 3.8) is 0 Å². The normalized spacial score (nSPS) is 9.42. The zero-order valence-corrected chi connectivity index (χ0v) is 6.82. The van der Waals surface area contributed by atoms with Gasteiger partial charge in [-0.3, -0.25) is 0 Å². The molecule has 0 radical (unpaired) electrons. The third kappa shape index (κ3) is 1.29. The first-order valence-electron chi connectivity index (χ1n) is 3.04. The summed E-state index contributed by atoms with van der Waals surface area (Å²) in [5.74, 6) is 5.72. The number of rotatable bonds is 1. The number of aromatic nitrogens is 4. The molecule has 0 spiro atoms. The van der Waals surface area contributed by atoms with E-state index in [0.29, 0.717) is 11.5 Å². The van der Waals surface area contributed by atoms with E-state index in [1.54, 1.807) is 12.1 Å². The molecule has 6 nitrogen and oxygen atoms in total. The molecule has 0 aliphatic heterocycles. The van der Waals surface area contributed by atoms with Crippen LogP contribution < -0.4 is 11.3 Å². The minimum Gasteiger partial charge on any atom is -0.307 e. The average molecular weight is 187 g/mol. The third-order valence-electron chi connectivity index (χ3n) is 1.31. The predicted molar refractivity (Wildman–Crippen MR) is 45.8 cm³/mol. The van der Waals surface area contributed by atoms with Crippen LogP contribution in [0.4, 0.5) is 5.82 Å². The van der Waals surface area contributed by atoms with Crippen LogP contribution in [0, 0.1) is 0 Å². The summed E-state index contributed by atoms with van der Waals surface area (Å²) < 4.78 is 1.54. The van der Waals surface area contributed by atoms with E-state index in [-0.39, 0.29) is 12.4 Å². The van der Waals surface area contributed by atoms with E-state index in [1.165, 1.54) is 10.8 Å². The summed E-state index contributed by atoms with van der Waals surface area (Å²) in [5.41, 5.74) is 3.12. The molecule has 7 heteroatoms. The van der Waals surface area contributed by atoms with Crippen molar-refractivity contribution in [2.24, 2.45) is 5.84 Å². The van der Waals surface area contributed by atoms with Gasteiger partial charge in [-0.05, 0) is 12.1 Å². The second-order valence-corrected chi connectivity index (χ2v) is 2.00. The molecule has 0 bridgehead atoms. The minimum atomic E-state index is 0. The second-order valence-electron chi connectivity index (χ2n) is 2.00. The quantitative estimate of drug-likeness (QED) is 0.478. The summed E-state index contributed by atoms with van der Waals surface area (Å²) in [4.78, 5) is 0. The first kappa shape index (κ1) is 8.69. The molecule has 64 valence electrons. The minimum absolute atomic E-state index is 0. The van der Waals surface area contributed by atoms with Crippen LogP contribution in [0.2, 0.25) is 0 Å². The van der Waals surface area contributed by atoms with Gasteiger partial charge >= 0.3 is 0 Å². The lowest BCUT2D eigenvalue weighted by molar-refractivity contribution is 0.924. The van der Waals surface area contributed by atoms with Gasteiger partial charge in [-0.1, -0.05) is 0 Å².